The van der Waals surface area contributed by atoms with Gasteiger partial charge in [0.15, 0.2) is 11.5 Å². The molecular formula is C30H51NO9. The second kappa shape index (κ2) is 16.6. The van der Waals surface area contributed by atoms with Gasteiger partial charge < -0.3 is 39.6 Å². The second-order valence-electron chi connectivity index (χ2n) is 11.9. The lowest BCUT2D eigenvalue weighted by atomic mass is 9.79. The number of benzene rings is 1. The molecular weight excluding hydrogens is 518 g/mol. The van der Waals surface area contributed by atoms with Crippen LogP contribution in [0.3, 0.4) is 0 Å². The number of carbonyl (C=O) groups excluding carboxylic acids is 1. The molecule has 1 aromatic rings. The molecule has 1 amide bonds. The van der Waals surface area contributed by atoms with Crippen molar-refractivity contribution in [1.82, 2.24) is 5.32 Å². The Hall–Kier alpha value is -2.56. The molecule has 0 heterocycles. The highest BCUT2D eigenvalue weighted by Crippen LogP contribution is 2.37. The third kappa shape index (κ3) is 11.9. The molecule has 0 aromatic heterocycles. The number of aliphatic carboxylic acids is 1. The van der Waals surface area contributed by atoms with Gasteiger partial charge >= 0.3 is 12.1 Å². The van der Waals surface area contributed by atoms with E-state index in [4.69, 9.17) is 18.9 Å². The number of hydrogen-bond acceptors (Lipinski definition) is 8. The van der Waals surface area contributed by atoms with Crippen molar-refractivity contribution in [1.29, 1.82) is 0 Å². The maximum Gasteiger partial charge on any atom is 0.407 e. The van der Waals surface area contributed by atoms with Gasteiger partial charge in [-0.05, 0) is 69.1 Å². The van der Waals surface area contributed by atoms with Crippen molar-refractivity contribution in [3.8, 4) is 11.5 Å². The zero-order valence-electron chi connectivity index (χ0n) is 25.6. The number of carbonyl (C=O) groups is 2. The van der Waals surface area contributed by atoms with Crippen molar-refractivity contribution in [3.63, 3.8) is 0 Å². The monoisotopic (exact) mass is 569 g/mol. The molecule has 0 aliphatic heterocycles. The van der Waals surface area contributed by atoms with Crippen molar-refractivity contribution in [2.24, 2.45) is 23.7 Å². The number of rotatable bonds is 17. The van der Waals surface area contributed by atoms with Crippen LogP contribution in [0.4, 0.5) is 4.79 Å². The van der Waals surface area contributed by atoms with E-state index in [1.165, 1.54) is 0 Å². The first-order chi connectivity index (χ1) is 18.6. The third-order valence-electron chi connectivity index (χ3n) is 6.85. The van der Waals surface area contributed by atoms with Crippen LogP contribution in [0, 0.1) is 23.7 Å². The summed E-state index contributed by atoms with van der Waals surface area (Å²) >= 11 is 0. The Balaban J connectivity index is 3.29. The summed E-state index contributed by atoms with van der Waals surface area (Å²) in [5.74, 6) is -1.49. The van der Waals surface area contributed by atoms with Gasteiger partial charge in [-0.1, -0.05) is 33.8 Å². The van der Waals surface area contributed by atoms with Gasteiger partial charge in [-0.2, -0.15) is 0 Å². The number of nitrogens with one attached hydrogen (secondary N) is 1. The highest BCUT2D eigenvalue weighted by molar-refractivity contribution is 5.70. The molecule has 2 unspecified atom stereocenters. The van der Waals surface area contributed by atoms with E-state index in [9.17, 15) is 24.9 Å². The first kappa shape index (κ1) is 35.5. The van der Waals surface area contributed by atoms with Gasteiger partial charge in [0.25, 0.3) is 0 Å². The van der Waals surface area contributed by atoms with Crippen LogP contribution >= 0.6 is 0 Å². The van der Waals surface area contributed by atoms with Crippen molar-refractivity contribution >= 4 is 12.1 Å². The van der Waals surface area contributed by atoms with Crippen molar-refractivity contribution in [2.75, 3.05) is 27.4 Å². The minimum absolute atomic E-state index is 0.0568. The molecule has 10 heteroatoms. The first-order valence-electron chi connectivity index (χ1n) is 14.0. The predicted octanol–water partition coefficient (Wildman–Crippen LogP) is 4.81. The Morgan fingerprint density at radius 1 is 0.950 bits per heavy atom. The van der Waals surface area contributed by atoms with E-state index in [-0.39, 0.29) is 24.7 Å². The van der Waals surface area contributed by atoms with Crippen LogP contribution in [-0.2, 0) is 14.3 Å². The topological polar surface area (TPSA) is 144 Å². The van der Waals surface area contributed by atoms with Gasteiger partial charge in [0.1, 0.15) is 5.60 Å². The highest BCUT2D eigenvalue weighted by atomic mass is 16.6. The van der Waals surface area contributed by atoms with Crippen molar-refractivity contribution < 1.29 is 43.9 Å². The molecule has 0 aliphatic rings. The molecule has 5 atom stereocenters. The van der Waals surface area contributed by atoms with E-state index in [0.29, 0.717) is 36.7 Å². The van der Waals surface area contributed by atoms with Gasteiger partial charge in [-0.15, -0.1) is 0 Å². The summed E-state index contributed by atoms with van der Waals surface area (Å²) in [4.78, 5) is 24.6. The summed E-state index contributed by atoms with van der Waals surface area (Å²) in [6, 6.07) is 4.36. The van der Waals surface area contributed by atoms with Crippen LogP contribution in [-0.4, -0.2) is 72.6 Å². The zero-order valence-corrected chi connectivity index (χ0v) is 25.6. The van der Waals surface area contributed by atoms with E-state index in [1.807, 2.05) is 13.8 Å². The molecule has 0 aliphatic carbocycles. The van der Waals surface area contributed by atoms with E-state index < -0.39 is 47.7 Å². The maximum absolute atomic E-state index is 12.7. The Morgan fingerprint density at radius 3 is 2.10 bits per heavy atom. The molecule has 10 nitrogen and oxygen atoms in total. The second-order valence-corrected chi connectivity index (χ2v) is 11.9. The van der Waals surface area contributed by atoms with Crippen LogP contribution in [0.5, 0.6) is 11.5 Å². The minimum Gasteiger partial charge on any atom is -0.493 e. The van der Waals surface area contributed by atoms with Gasteiger partial charge in [-0.3, -0.25) is 4.79 Å². The summed E-state index contributed by atoms with van der Waals surface area (Å²) < 4.78 is 21.8. The fourth-order valence-corrected chi connectivity index (χ4v) is 4.54. The molecule has 230 valence electrons. The van der Waals surface area contributed by atoms with Crippen LogP contribution in [0.25, 0.3) is 0 Å². The number of alkyl carbamates (subject to hydrolysis) is 1. The molecule has 0 bridgehead atoms. The predicted molar refractivity (Wildman–Crippen MR) is 153 cm³/mol. The van der Waals surface area contributed by atoms with Gasteiger partial charge in [0.2, 0.25) is 0 Å². The number of carboxylic acid groups (broad SMARTS) is 1. The number of amides is 1. The van der Waals surface area contributed by atoms with Gasteiger partial charge in [-0.25, -0.2) is 4.79 Å². The first-order valence-corrected chi connectivity index (χ1v) is 14.0. The van der Waals surface area contributed by atoms with Crippen LogP contribution < -0.4 is 14.8 Å². The third-order valence-corrected chi connectivity index (χ3v) is 6.85. The van der Waals surface area contributed by atoms with E-state index in [1.54, 1.807) is 67.0 Å². The molecule has 1 aromatic carbocycles. The number of hydrogen-bond donors (Lipinski definition) is 4. The summed E-state index contributed by atoms with van der Waals surface area (Å²) in [5.41, 5.74) is -0.168. The lowest BCUT2D eigenvalue weighted by Gasteiger charge is -2.34. The molecule has 0 saturated heterocycles. The molecule has 4 N–H and O–H groups in total. The van der Waals surface area contributed by atoms with Crippen molar-refractivity contribution in [2.45, 2.75) is 91.6 Å². The SMILES string of the molecule is COCCCOc1cc(C(O)[C@@H](C[C@H](NC(=O)OC(C)(C)C)[C@@H](O)CC(C(=O)O)C(C)C)C(C)C)ccc1OC. The average molecular weight is 570 g/mol. The number of ether oxygens (including phenoxy) is 4. The Kier molecular flexibility index (Phi) is 14.8. The lowest BCUT2D eigenvalue weighted by molar-refractivity contribution is -0.144. The zero-order chi connectivity index (χ0) is 30.6. The largest absolute Gasteiger partial charge is 0.493 e. The minimum atomic E-state index is -1.18. The average Bonchev–Trinajstić information content (AvgIpc) is 2.85. The van der Waals surface area contributed by atoms with E-state index >= 15 is 0 Å². The van der Waals surface area contributed by atoms with Crippen LogP contribution in [0.1, 0.15) is 79.4 Å². The van der Waals surface area contributed by atoms with E-state index in [2.05, 4.69) is 5.32 Å². The summed E-state index contributed by atoms with van der Waals surface area (Å²) in [5, 5.41) is 35.2. The fraction of sp³-hybridized carbons (Fsp3) is 0.733. The Labute approximate surface area is 239 Å². The molecule has 0 radical (unpaired) electrons. The van der Waals surface area contributed by atoms with Crippen LogP contribution in [0.15, 0.2) is 18.2 Å². The standard InChI is InChI=1S/C30H51NO9/c1-18(2)21(27(33)20-11-12-25(38-9)26(15-20)39-14-10-13-37-8)16-23(31-29(36)40-30(5,6)7)24(32)17-22(19(3)4)28(34)35/h11-12,15,18-19,21-24,27,32-33H,10,13-14,16-17H2,1-9H3,(H,31,36)(H,34,35)/t21-,22?,23-,24-,27?/m0/s1. The van der Waals surface area contributed by atoms with E-state index in [0.717, 1.165) is 0 Å². The Morgan fingerprint density at radius 2 is 1.60 bits per heavy atom. The normalized spacial score (nSPS) is 15.7. The van der Waals surface area contributed by atoms with Gasteiger partial charge in [0.05, 0.1) is 37.9 Å². The summed E-state index contributed by atoms with van der Waals surface area (Å²) in [7, 11) is 3.16. The molecule has 0 saturated carbocycles. The lowest BCUT2D eigenvalue weighted by Crippen LogP contribution is -2.48. The number of aliphatic hydroxyl groups is 2. The molecule has 0 spiro atoms. The summed E-state index contributed by atoms with van der Waals surface area (Å²) in [6.07, 6.45) is -2.07. The number of aliphatic hydroxyl groups excluding tert-OH is 2. The molecule has 1 rings (SSSR count). The molecule has 40 heavy (non-hydrogen) atoms. The number of carboxylic acids is 1. The van der Waals surface area contributed by atoms with Gasteiger partial charge in [0, 0.05) is 20.1 Å². The quantitative estimate of drug-likeness (QED) is 0.194. The summed E-state index contributed by atoms with van der Waals surface area (Å²) in [6.45, 7) is 13.6. The highest BCUT2D eigenvalue weighted by Gasteiger charge is 2.35. The smallest absolute Gasteiger partial charge is 0.407 e. The number of methoxy groups -OCH3 is 2. The molecule has 0 fully saturated rings. The fourth-order valence-electron chi connectivity index (χ4n) is 4.54. The van der Waals surface area contributed by atoms with Crippen molar-refractivity contribution in [3.05, 3.63) is 23.8 Å². The van der Waals surface area contributed by atoms with Crippen LogP contribution in [0.2, 0.25) is 0 Å². The maximum atomic E-state index is 12.7. The Bertz CT molecular complexity index is 913.